The van der Waals surface area contributed by atoms with Crippen molar-refractivity contribution in [3.05, 3.63) is 63.1 Å². The Morgan fingerprint density at radius 3 is 2.80 bits per heavy atom. The highest BCUT2D eigenvalue weighted by molar-refractivity contribution is 9.10. The van der Waals surface area contributed by atoms with Crippen molar-refractivity contribution in [2.45, 2.75) is 39.2 Å². The smallest absolute Gasteiger partial charge is 0.353 e. The maximum Gasteiger partial charge on any atom is 0.353 e. The van der Waals surface area contributed by atoms with Crippen LogP contribution in [0, 0.1) is 0 Å². The van der Waals surface area contributed by atoms with Gasteiger partial charge in [0.25, 0.3) is 0 Å². The van der Waals surface area contributed by atoms with Crippen molar-refractivity contribution < 1.29 is 9.63 Å². The number of amides is 2. The zero-order valence-corrected chi connectivity index (χ0v) is 18.8. The first-order valence-electron chi connectivity index (χ1n) is 10.2. The number of oxime groups is 1. The van der Waals surface area contributed by atoms with Crippen LogP contribution in [-0.4, -0.2) is 30.5 Å². The number of hydrogen-bond donors (Lipinski definition) is 2. The molecule has 2 N–H and O–H groups in total. The van der Waals surface area contributed by atoms with Gasteiger partial charge in [-0.15, -0.1) is 0 Å². The molecule has 158 valence electrons. The van der Waals surface area contributed by atoms with Gasteiger partial charge in [-0.1, -0.05) is 39.3 Å². The number of fused-ring (bicyclic) bond motifs is 1. The molecule has 1 fully saturated rings. The van der Waals surface area contributed by atoms with Crippen LogP contribution in [0.25, 0.3) is 0 Å². The number of carbonyl (C=O) groups is 1. The summed E-state index contributed by atoms with van der Waals surface area (Å²) < 4.78 is 0.859. The van der Waals surface area contributed by atoms with E-state index in [1.165, 1.54) is 40.4 Å². The molecule has 0 aromatic heterocycles. The van der Waals surface area contributed by atoms with Crippen LogP contribution in [0.4, 0.5) is 10.5 Å². The summed E-state index contributed by atoms with van der Waals surface area (Å²) in [5, 5.41) is 7.31. The van der Waals surface area contributed by atoms with Gasteiger partial charge in [-0.3, -0.25) is 5.01 Å². The zero-order valence-electron chi connectivity index (χ0n) is 17.2. The van der Waals surface area contributed by atoms with Crippen molar-refractivity contribution in [1.82, 2.24) is 15.9 Å². The topological polar surface area (TPSA) is 69.2 Å². The predicted molar refractivity (Wildman–Crippen MR) is 121 cm³/mol. The Hall–Kier alpha value is -2.42. The highest BCUT2D eigenvalue weighted by Gasteiger charge is 2.26. The van der Waals surface area contributed by atoms with Crippen LogP contribution < -0.4 is 15.9 Å². The van der Waals surface area contributed by atoms with E-state index >= 15 is 0 Å². The van der Waals surface area contributed by atoms with Gasteiger partial charge in [-0.25, -0.2) is 20.7 Å². The lowest BCUT2D eigenvalue weighted by molar-refractivity contribution is 0.130. The van der Waals surface area contributed by atoms with Gasteiger partial charge in [0.15, 0.2) is 0 Å². The molecule has 2 aromatic rings. The Balaban J connectivity index is 1.50. The second-order valence-corrected chi connectivity index (χ2v) is 8.40. The maximum absolute atomic E-state index is 12.5. The Morgan fingerprint density at radius 2 is 1.97 bits per heavy atom. The first kappa shape index (κ1) is 20.8. The summed E-state index contributed by atoms with van der Waals surface area (Å²) in [5.41, 5.74) is 12.4. The third kappa shape index (κ3) is 4.35. The van der Waals surface area contributed by atoms with Crippen molar-refractivity contribution in [2.24, 2.45) is 5.16 Å². The van der Waals surface area contributed by atoms with Crippen LogP contribution in [0.1, 0.15) is 42.0 Å². The number of benzene rings is 2. The molecule has 4 rings (SSSR count). The van der Waals surface area contributed by atoms with Gasteiger partial charge in [0, 0.05) is 17.1 Å². The van der Waals surface area contributed by atoms with E-state index in [9.17, 15) is 4.79 Å². The van der Waals surface area contributed by atoms with Crippen LogP contribution in [-0.2, 0) is 24.3 Å². The maximum atomic E-state index is 12.5. The number of hydrogen-bond acceptors (Lipinski definition) is 5. The number of carbonyl (C=O) groups excluding carboxylic acids is 1. The third-order valence-electron chi connectivity index (χ3n) is 5.54. The van der Waals surface area contributed by atoms with Gasteiger partial charge in [0.2, 0.25) is 0 Å². The monoisotopic (exact) mass is 471 g/mol. The summed E-state index contributed by atoms with van der Waals surface area (Å²) in [7, 11) is 1.69. The van der Waals surface area contributed by atoms with E-state index in [0.717, 1.165) is 33.4 Å². The number of nitrogens with zero attached hydrogens (tertiary/aromatic N) is 3. The molecule has 0 saturated carbocycles. The number of aryl methyl sites for hydroxylation is 2. The van der Waals surface area contributed by atoms with Crippen molar-refractivity contribution in [2.75, 3.05) is 18.7 Å². The molecule has 2 aromatic carbocycles. The molecule has 8 heteroatoms. The predicted octanol–water partition coefficient (Wildman–Crippen LogP) is 4.11. The molecule has 0 unspecified atom stereocenters. The average Bonchev–Trinajstić information content (AvgIpc) is 2.76. The van der Waals surface area contributed by atoms with Crippen LogP contribution >= 0.6 is 15.9 Å². The molecular weight excluding hydrogens is 446 g/mol. The fraction of sp³-hybridized carbons (Fsp3) is 0.364. The largest absolute Gasteiger partial charge is 0.391 e. The molecule has 1 aliphatic heterocycles. The molecule has 0 spiro atoms. The molecule has 1 aliphatic carbocycles. The lowest BCUT2D eigenvalue weighted by Crippen LogP contribution is -2.62. The van der Waals surface area contributed by atoms with Gasteiger partial charge < -0.3 is 4.84 Å². The van der Waals surface area contributed by atoms with Crippen LogP contribution in [0.3, 0.4) is 0 Å². The van der Waals surface area contributed by atoms with E-state index in [1.807, 2.05) is 25.1 Å². The van der Waals surface area contributed by atoms with E-state index in [-0.39, 0.29) is 12.6 Å². The third-order valence-corrected chi connectivity index (χ3v) is 6.29. The SMILES string of the molecule is C/C(=N/OCc1c(Br)cccc1N1NCNN(C)C1=O)c1ccc2c(c1)CCCC2. The first-order valence-corrected chi connectivity index (χ1v) is 10.9. The minimum absolute atomic E-state index is 0.200. The molecule has 0 bridgehead atoms. The standard InChI is InChI=1S/C22H26BrN5O2/c1-15(17-11-10-16-6-3-4-7-18(16)12-17)26-30-13-19-20(23)8-5-9-21(19)28-22(29)27(2)24-14-25-28/h5,8-12,24-25H,3-4,6-7,13-14H2,1-2H3/b26-15-. The van der Waals surface area contributed by atoms with Gasteiger partial charge >= 0.3 is 6.03 Å². The van der Waals surface area contributed by atoms with Crippen LogP contribution in [0.15, 0.2) is 46.0 Å². The van der Waals surface area contributed by atoms with Crippen molar-refractivity contribution in [1.29, 1.82) is 0 Å². The summed E-state index contributed by atoms with van der Waals surface area (Å²) in [6.07, 6.45) is 4.83. The minimum Gasteiger partial charge on any atom is -0.391 e. The molecule has 7 nitrogen and oxygen atoms in total. The number of halogens is 1. The number of hydrazine groups is 2. The number of urea groups is 1. The van der Waals surface area contributed by atoms with Gasteiger partial charge in [-0.05, 0) is 67.5 Å². The molecule has 2 amide bonds. The Morgan fingerprint density at radius 1 is 1.17 bits per heavy atom. The molecule has 0 radical (unpaired) electrons. The first-order chi connectivity index (χ1) is 14.5. The average molecular weight is 472 g/mol. The minimum atomic E-state index is -0.200. The summed E-state index contributed by atoms with van der Waals surface area (Å²) in [6, 6.07) is 12.1. The van der Waals surface area contributed by atoms with Gasteiger partial charge in [0.05, 0.1) is 18.1 Å². The van der Waals surface area contributed by atoms with Crippen molar-refractivity contribution in [3.8, 4) is 0 Å². The van der Waals surface area contributed by atoms with E-state index in [0.29, 0.717) is 6.67 Å². The molecule has 1 saturated heterocycles. The van der Waals surface area contributed by atoms with E-state index in [1.54, 1.807) is 7.05 Å². The lowest BCUT2D eigenvalue weighted by atomic mass is 9.90. The molecule has 2 aliphatic rings. The number of rotatable bonds is 5. The second kappa shape index (κ2) is 9.16. The fourth-order valence-corrected chi connectivity index (χ4v) is 4.28. The fourth-order valence-electron chi connectivity index (χ4n) is 3.81. The molecule has 0 atom stereocenters. The van der Waals surface area contributed by atoms with Gasteiger partial charge in [-0.2, -0.15) is 0 Å². The number of anilines is 1. The lowest BCUT2D eigenvalue weighted by Gasteiger charge is -2.35. The normalized spacial score (nSPS) is 17.2. The summed E-state index contributed by atoms with van der Waals surface area (Å²) in [6.45, 7) is 2.65. The van der Waals surface area contributed by atoms with E-state index < -0.39 is 0 Å². The highest BCUT2D eigenvalue weighted by atomic mass is 79.9. The number of nitrogens with one attached hydrogen (secondary N) is 2. The van der Waals surface area contributed by atoms with E-state index in [4.69, 9.17) is 4.84 Å². The van der Waals surface area contributed by atoms with Crippen molar-refractivity contribution >= 4 is 33.4 Å². The van der Waals surface area contributed by atoms with E-state index in [2.05, 4.69) is 50.1 Å². The summed E-state index contributed by atoms with van der Waals surface area (Å²) in [5.74, 6) is 0. The molecule has 1 heterocycles. The second-order valence-electron chi connectivity index (χ2n) is 7.55. The van der Waals surface area contributed by atoms with Gasteiger partial charge in [0.1, 0.15) is 6.61 Å². The summed E-state index contributed by atoms with van der Waals surface area (Å²) in [4.78, 5) is 18.2. The zero-order chi connectivity index (χ0) is 21.1. The van der Waals surface area contributed by atoms with Crippen LogP contribution in [0.5, 0.6) is 0 Å². The Kier molecular flexibility index (Phi) is 6.36. The van der Waals surface area contributed by atoms with Crippen LogP contribution in [0.2, 0.25) is 0 Å². The molecular formula is C22H26BrN5O2. The molecule has 30 heavy (non-hydrogen) atoms. The highest BCUT2D eigenvalue weighted by Crippen LogP contribution is 2.29. The quantitative estimate of drug-likeness (QED) is 0.508. The Bertz CT molecular complexity index is 978. The summed E-state index contributed by atoms with van der Waals surface area (Å²) >= 11 is 3.58. The Labute approximate surface area is 185 Å². The van der Waals surface area contributed by atoms with Crippen molar-refractivity contribution in [3.63, 3.8) is 0 Å².